The summed E-state index contributed by atoms with van der Waals surface area (Å²) < 4.78 is 28.6. The minimum absolute atomic E-state index is 0.284. The molecule has 5 heteroatoms. The van der Waals surface area contributed by atoms with E-state index in [1.54, 1.807) is 18.2 Å². The van der Waals surface area contributed by atoms with Gasteiger partial charge in [-0.15, -0.1) is 0 Å². The van der Waals surface area contributed by atoms with Crippen LogP contribution in [0.2, 0.25) is 0 Å². The van der Waals surface area contributed by atoms with Crippen molar-refractivity contribution in [1.82, 2.24) is 0 Å². The first-order chi connectivity index (χ1) is 7.38. The highest BCUT2D eigenvalue weighted by Crippen LogP contribution is 2.48. The third-order valence-electron chi connectivity index (χ3n) is 2.89. The Labute approximate surface area is 95.3 Å². The van der Waals surface area contributed by atoms with E-state index in [4.69, 9.17) is 10.5 Å². The fraction of sp³-hybridized carbons (Fsp3) is 0.455. The molecule has 1 aromatic rings. The van der Waals surface area contributed by atoms with Gasteiger partial charge in [-0.25, -0.2) is 8.42 Å². The number of methoxy groups -OCH3 is 1. The average molecular weight is 241 g/mol. The summed E-state index contributed by atoms with van der Waals surface area (Å²) in [7, 11) is -1.74. The molecule has 1 fully saturated rings. The van der Waals surface area contributed by atoms with Crippen LogP contribution < -0.4 is 10.5 Å². The zero-order valence-electron chi connectivity index (χ0n) is 9.36. The standard InChI is InChI=1S/C11H15NO3S/c1-15-8-4-3-5-9(16(2,13)14)10(8)11(12)6-7-11/h3-5H,6-7,12H2,1-2H3. The van der Waals surface area contributed by atoms with E-state index in [2.05, 4.69) is 0 Å². The Morgan fingerprint density at radius 1 is 1.38 bits per heavy atom. The van der Waals surface area contributed by atoms with Gasteiger partial charge in [-0.1, -0.05) is 6.07 Å². The largest absolute Gasteiger partial charge is 0.496 e. The van der Waals surface area contributed by atoms with Gasteiger partial charge < -0.3 is 10.5 Å². The van der Waals surface area contributed by atoms with E-state index in [0.29, 0.717) is 11.3 Å². The number of sulfone groups is 1. The van der Waals surface area contributed by atoms with Crippen LogP contribution in [0, 0.1) is 0 Å². The number of nitrogens with two attached hydrogens (primary N) is 1. The van der Waals surface area contributed by atoms with Crippen LogP contribution in [0.25, 0.3) is 0 Å². The molecule has 1 aliphatic carbocycles. The maximum Gasteiger partial charge on any atom is 0.176 e. The minimum Gasteiger partial charge on any atom is -0.496 e. The van der Waals surface area contributed by atoms with Crippen molar-refractivity contribution in [2.24, 2.45) is 5.73 Å². The maximum atomic E-state index is 11.7. The second-order valence-electron chi connectivity index (χ2n) is 4.26. The van der Waals surface area contributed by atoms with Crippen molar-refractivity contribution in [2.45, 2.75) is 23.3 Å². The molecule has 0 heterocycles. The molecule has 0 bridgehead atoms. The third kappa shape index (κ3) is 1.81. The molecule has 4 nitrogen and oxygen atoms in total. The molecule has 0 radical (unpaired) electrons. The first kappa shape index (κ1) is 11.4. The minimum atomic E-state index is -3.27. The molecule has 88 valence electrons. The third-order valence-corrected chi connectivity index (χ3v) is 4.03. The lowest BCUT2D eigenvalue weighted by molar-refractivity contribution is 0.401. The van der Waals surface area contributed by atoms with E-state index in [-0.39, 0.29) is 4.90 Å². The van der Waals surface area contributed by atoms with Crippen molar-refractivity contribution in [1.29, 1.82) is 0 Å². The number of rotatable bonds is 3. The Morgan fingerprint density at radius 3 is 2.44 bits per heavy atom. The van der Waals surface area contributed by atoms with E-state index in [1.807, 2.05) is 0 Å². The second-order valence-corrected chi connectivity index (χ2v) is 6.25. The van der Waals surface area contributed by atoms with Gasteiger partial charge in [0.15, 0.2) is 9.84 Å². The fourth-order valence-electron chi connectivity index (χ4n) is 1.87. The highest BCUT2D eigenvalue weighted by atomic mass is 32.2. The van der Waals surface area contributed by atoms with Crippen molar-refractivity contribution in [3.8, 4) is 5.75 Å². The summed E-state index contributed by atoms with van der Waals surface area (Å²) in [5, 5.41) is 0. The van der Waals surface area contributed by atoms with Crippen molar-refractivity contribution in [3.05, 3.63) is 23.8 Å². The summed E-state index contributed by atoms with van der Waals surface area (Å²) in [4.78, 5) is 0.284. The zero-order chi connectivity index (χ0) is 12.0. The summed E-state index contributed by atoms with van der Waals surface area (Å²) in [6.45, 7) is 0. The highest BCUT2D eigenvalue weighted by molar-refractivity contribution is 7.90. The lowest BCUT2D eigenvalue weighted by Gasteiger charge is -2.17. The van der Waals surface area contributed by atoms with Crippen LogP contribution in [0.4, 0.5) is 0 Å². The highest BCUT2D eigenvalue weighted by Gasteiger charge is 2.45. The van der Waals surface area contributed by atoms with E-state index in [9.17, 15) is 8.42 Å². The topological polar surface area (TPSA) is 69.4 Å². The Balaban J connectivity index is 2.70. The summed E-state index contributed by atoms with van der Waals surface area (Å²) in [6.07, 6.45) is 2.79. The van der Waals surface area contributed by atoms with Crippen molar-refractivity contribution in [3.63, 3.8) is 0 Å². The molecule has 0 unspecified atom stereocenters. The molecular formula is C11H15NO3S. The molecule has 0 amide bonds. The van der Waals surface area contributed by atoms with Gasteiger partial charge in [0.1, 0.15) is 5.75 Å². The number of ether oxygens (including phenoxy) is 1. The summed E-state index contributed by atoms with van der Waals surface area (Å²) >= 11 is 0. The number of hydrogen-bond acceptors (Lipinski definition) is 4. The molecule has 1 aromatic carbocycles. The monoisotopic (exact) mass is 241 g/mol. The first-order valence-electron chi connectivity index (χ1n) is 5.05. The second kappa shape index (κ2) is 3.46. The normalized spacial score (nSPS) is 18.2. The van der Waals surface area contributed by atoms with E-state index < -0.39 is 15.4 Å². The lowest BCUT2D eigenvalue weighted by Crippen LogP contribution is -2.23. The molecule has 0 atom stereocenters. The number of hydrogen-bond donors (Lipinski definition) is 1. The molecule has 0 aliphatic heterocycles. The van der Waals surface area contributed by atoms with Crippen LogP contribution in [0.3, 0.4) is 0 Å². The van der Waals surface area contributed by atoms with Gasteiger partial charge in [0, 0.05) is 17.4 Å². The lowest BCUT2D eigenvalue weighted by atomic mass is 10.0. The molecular weight excluding hydrogens is 226 g/mol. The van der Waals surface area contributed by atoms with Gasteiger partial charge in [0.05, 0.1) is 12.0 Å². The van der Waals surface area contributed by atoms with E-state index in [0.717, 1.165) is 12.8 Å². The van der Waals surface area contributed by atoms with Crippen LogP contribution in [0.15, 0.2) is 23.1 Å². The molecule has 16 heavy (non-hydrogen) atoms. The molecule has 0 aromatic heterocycles. The fourth-order valence-corrected chi connectivity index (χ4v) is 2.87. The quantitative estimate of drug-likeness (QED) is 0.858. The first-order valence-corrected chi connectivity index (χ1v) is 6.94. The zero-order valence-corrected chi connectivity index (χ0v) is 10.2. The summed E-state index contributed by atoms with van der Waals surface area (Å²) in [5.41, 5.74) is 6.20. The van der Waals surface area contributed by atoms with Crippen LogP contribution in [-0.2, 0) is 15.4 Å². The van der Waals surface area contributed by atoms with Gasteiger partial charge >= 0.3 is 0 Å². The molecule has 0 spiro atoms. The Bertz CT molecular complexity index is 518. The Hall–Kier alpha value is -1.07. The molecule has 1 aliphatic rings. The Morgan fingerprint density at radius 2 is 2.00 bits per heavy atom. The predicted molar refractivity (Wildman–Crippen MR) is 61.2 cm³/mol. The average Bonchev–Trinajstić information content (AvgIpc) is 2.95. The van der Waals surface area contributed by atoms with Crippen molar-refractivity contribution < 1.29 is 13.2 Å². The van der Waals surface area contributed by atoms with Crippen LogP contribution in [0.1, 0.15) is 18.4 Å². The molecule has 1 saturated carbocycles. The van der Waals surface area contributed by atoms with Gasteiger partial charge in [-0.2, -0.15) is 0 Å². The maximum absolute atomic E-state index is 11.7. The number of benzene rings is 1. The van der Waals surface area contributed by atoms with Crippen molar-refractivity contribution >= 4 is 9.84 Å². The predicted octanol–water partition coefficient (Wildman–Crippen LogP) is 1.05. The molecule has 0 saturated heterocycles. The van der Waals surface area contributed by atoms with Crippen LogP contribution in [-0.4, -0.2) is 21.8 Å². The van der Waals surface area contributed by atoms with Gasteiger partial charge in [-0.05, 0) is 25.0 Å². The van der Waals surface area contributed by atoms with Crippen LogP contribution >= 0.6 is 0 Å². The smallest absolute Gasteiger partial charge is 0.176 e. The van der Waals surface area contributed by atoms with Crippen molar-refractivity contribution in [2.75, 3.05) is 13.4 Å². The summed E-state index contributed by atoms with van der Waals surface area (Å²) in [6, 6.07) is 5.00. The SMILES string of the molecule is COc1cccc(S(C)(=O)=O)c1C1(N)CC1. The van der Waals surface area contributed by atoms with Crippen LogP contribution in [0.5, 0.6) is 5.75 Å². The summed E-state index contributed by atoms with van der Waals surface area (Å²) in [5.74, 6) is 0.558. The van der Waals surface area contributed by atoms with Gasteiger partial charge in [0.2, 0.25) is 0 Å². The van der Waals surface area contributed by atoms with E-state index in [1.165, 1.54) is 13.4 Å². The molecule has 2 rings (SSSR count). The molecule has 2 N–H and O–H groups in total. The van der Waals surface area contributed by atoms with Gasteiger partial charge in [0.25, 0.3) is 0 Å². The Kier molecular flexibility index (Phi) is 2.47. The van der Waals surface area contributed by atoms with Gasteiger partial charge in [-0.3, -0.25) is 0 Å². The van der Waals surface area contributed by atoms with E-state index >= 15 is 0 Å².